The normalized spacial score (nSPS) is 11.5. The lowest BCUT2D eigenvalue weighted by Gasteiger charge is -2.15. The van der Waals surface area contributed by atoms with E-state index in [0.29, 0.717) is 6.61 Å². The first-order valence-electron chi connectivity index (χ1n) is 6.06. The van der Waals surface area contributed by atoms with Crippen LogP contribution in [0.25, 0.3) is 10.1 Å². The first-order chi connectivity index (χ1) is 8.31. The molecule has 2 rings (SSSR count). The summed E-state index contributed by atoms with van der Waals surface area (Å²) in [5, 5.41) is 12.4. The van der Waals surface area contributed by atoms with Crippen molar-refractivity contribution in [2.24, 2.45) is 0 Å². The third-order valence-electron chi connectivity index (χ3n) is 2.95. The smallest absolute Gasteiger partial charge is 0.0431 e. The molecule has 0 bridgehead atoms. The van der Waals surface area contributed by atoms with E-state index in [1.165, 1.54) is 15.6 Å². The van der Waals surface area contributed by atoms with Gasteiger partial charge in [-0.25, -0.2) is 0 Å². The van der Waals surface area contributed by atoms with Gasteiger partial charge in [0.05, 0.1) is 0 Å². The maximum absolute atomic E-state index is 8.76. The van der Waals surface area contributed by atoms with Crippen molar-refractivity contribution in [2.45, 2.75) is 19.4 Å². The van der Waals surface area contributed by atoms with Crippen LogP contribution in [-0.4, -0.2) is 30.2 Å². The van der Waals surface area contributed by atoms with E-state index in [1.807, 2.05) is 11.3 Å². The van der Waals surface area contributed by atoms with Crippen molar-refractivity contribution in [2.75, 3.05) is 20.2 Å². The molecule has 2 aromatic rings. The number of nitrogens with zero attached hydrogens (tertiary/aromatic N) is 1. The average molecular weight is 249 g/mol. The van der Waals surface area contributed by atoms with Gasteiger partial charge >= 0.3 is 0 Å². The van der Waals surface area contributed by atoms with Gasteiger partial charge in [0.25, 0.3) is 0 Å². The molecule has 0 saturated carbocycles. The Bertz CT molecular complexity index is 466. The van der Waals surface area contributed by atoms with E-state index in [4.69, 9.17) is 5.11 Å². The summed E-state index contributed by atoms with van der Waals surface area (Å²) >= 11 is 1.82. The third kappa shape index (κ3) is 3.28. The maximum atomic E-state index is 8.76. The number of thiophene rings is 1. The molecule has 1 aromatic carbocycles. The Morgan fingerprint density at radius 2 is 2.06 bits per heavy atom. The molecule has 0 radical (unpaired) electrons. The molecule has 2 nitrogen and oxygen atoms in total. The van der Waals surface area contributed by atoms with Crippen LogP contribution in [0.1, 0.15) is 18.4 Å². The minimum Gasteiger partial charge on any atom is -0.396 e. The first-order valence-corrected chi connectivity index (χ1v) is 6.93. The molecule has 17 heavy (non-hydrogen) atoms. The highest BCUT2D eigenvalue weighted by Crippen LogP contribution is 2.26. The molecule has 1 aromatic heterocycles. The summed E-state index contributed by atoms with van der Waals surface area (Å²) < 4.78 is 1.37. The average Bonchev–Trinajstić information content (AvgIpc) is 2.73. The van der Waals surface area contributed by atoms with Gasteiger partial charge in [0.15, 0.2) is 0 Å². The predicted molar refractivity (Wildman–Crippen MR) is 74.5 cm³/mol. The van der Waals surface area contributed by atoms with E-state index >= 15 is 0 Å². The first kappa shape index (κ1) is 12.6. The molecule has 0 aliphatic heterocycles. The van der Waals surface area contributed by atoms with E-state index in [-0.39, 0.29) is 0 Å². The van der Waals surface area contributed by atoms with Crippen molar-refractivity contribution in [3.05, 3.63) is 35.2 Å². The Labute approximate surface area is 106 Å². The van der Waals surface area contributed by atoms with Crippen LogP contribution < -0.4 is 0 Å². The van der Waals surface area contributed by atoms with E-state index in [1.54, 1.807) is 0 Å². The number of aliphatic hydroxyl groups is 1. The molecule has 1 heterocycles. The van der Waals surface area contributed by atoms with Crippen molar-refractivity contribution in [3.8, 4) is 0 Å². The van der Waals surface area contributed by atoms with E-state index in [2.05, 4.69) is 41.6 Å². The Balaban J connectivity index is 1.98. The molecule has 0 unspecified atom stereocenters. The second-order valence-corrected chi connectivity index (χ2v) is 5.34. The molecule has 0 fully saturated rings. The van der Waals surface area contributed by atoms with Gasteiger partial charge in [0.1, 0.15) is 0 Å². The summed E-state index contributed by atoms with van der Waals surface area (Å²) in [6, 6.07) is 8.57. The summed E-state index contributed by atoms with van der Waals surface area (Å²) in [4.78, 5) is 2.32. The molecular weight excluding hydrogens is 230 g/mol. The Kier molecular flexibility index (Phi) is 4.54. The number of aliphatic hydroxyl groups excluding tert-OH is 1. The number of benzene rings is 1. The van der Waals surface area contributed by atoms with Gasteiger partial charge in [-0.3, -0.25) is 0 Å². The quantitative estimate of drug-likeness (QED) is 0.795. The summed E-state index contributed by atoms with van der Waals surface area (Å²) in [5.74, 6) is 0. The van der Waals surface area contributed by atoms with Crippen LogP contribution in [0.4, 0.5) is 0 Å². The highest BCUT2D eigenvalue weighted by Gasteiger charge is 2.05. The number of rotatable bonds is 6. The molecule has 3 heteroatoms. The van der Waals surface area contributed by atoms with Gasteiger partial charge in [-0.05, 0) is 48.8 Å². The Morgan fingerprint density at radius 1 is 1.24 bits per heavy atom. The molecule has 92 valence electrons. The Hall–Kier alpha value is -0.900. The van der Waals surface area contributed by atoms with E-state index < -0.39 is 0 Å². The van der Waals surface area contributed by atoms with Crippen LogP contribution in [0.3, 0.4) is 0 Å². The van der Waals surface area contributed by atoms with Crippen LogP contribution in [0.2, 0.25) is 0 Å². The summed E-state index contributed by atoms with van der Waals surface area (Å²) in [7, 11) is 2.14. The SMILES string of the molecule is CN(CCCCO)Cc1csc2ccccc12. The zero-order valence-electron chi connectivity index (χ0n) is 10.2. The van der Waals surface area contributed by atoms with Gasteiger partial charge in [0.2, 0.25) is 0 Å². The van der Waals surface area contributed by atoms with Crippen molar-refractivity contribution < 1.29 is 5.11 Å². The van der Waals surface area contributed by atoms with Crippen LogP contribution in [0.15, 0.2) is 29.6 Å². The standard InChI is InChI=1S/C14H19NOS/c1-15(8-4-5-9-16)10-12-11-17-14-7-3-2-6-13(12)14/h2-3,6-7,11,16H,4-5,8-10H2,1H3. The third-order valence-corrected chi connectivity index (χ3v) is 3.96. The fraction of sp³-hybridized carbons (Fsp3) is 0.429. The fourth-order valence-electron chi connectivity index (χ4n) is 2.02. The van der Waals surface area contributed by atoms with Gasteiger partial charge in [-0.15, -0.1) is 11.3 Å². The molecular formula is C14H19NOS. The van der Waals surface area contributed by atoms with Crippen LogP contribution >= 0.6 is 11.3 Å². The number of unbranched alkanes of at least 4 members (excludes halogenated alkanes) is 1. The molecule has 0 spiro atoms. The predicted octanol–water partition coefficient (Wildman–Crippen LogP) is 3.11. The number of hydrogen-bond acceptors (Lipinski definition) is 3. The highest BCUT2D eigenvalue weighted by atomic mass is 32.1. The Morgan fingerprint density at radius 3 is 2.88 bits per heavy atom. The van der Waals surface area contributed by atoms with Crippen molar-refractivity contribution in [3.63, 3.8) is 0 Å². The topological polar surface area (TPSA) is 23.5 Å². The molecule has 0 aliphatic carbocycles. The zero-order chi connectivity index (χ0) is 12.1. The fourth-order valence-corrected chi connectivity index (χ4v) is 2.97. The second-order valence-electron chi connectivity index (χ2n) is 4.43. The summed E-state index contributed by atoms with van der Waals surface area (Å²) in [6.45, 7) is 2.34. The minimum absolute atomic E-state index is 0.301. The lowest BCUT2D eigenvalue weighted by atomic mass is 10.1. The van der Waals surface area contributed by atoms with E-state index in [0.717, 1.165) is 25.9 Å². The summed E-state index contributed by atoms with van der Waals surface area (Å²) in [6.07, 6.45) is 1.96. The number of hydrogen-bond donors (Lipinski definition) is 1. The van der Waals surface area contributed by atoms with Crippen LogP contribution in [0.5, 0.6) is 0 Å². The van der Waals surface area contributed by atoms with E-state index in [9.17, 15) is 0 Å². The lowest BCUT2D eigenvalue weighted by molar-refractivity contribution is 0.261. The van der Waals surface area contributed by atoms with Gasteiger partial charge in [-0.1, -0.05) is 18.2 Å². The van der Waals surface area contributed by atoms with Gasteiger partial charge < -0.3 is 10.0 Å². The van der Waals surface area contributed by atoms with Gasteiger partial charge in [0, 0.05) is 17.9 Å². The minimum atomic E-state index is 0.301. The van der Waals surface area contributed by atoms with Gasteiger partial charge in [-0.2, -0.15) is 0 Å². The molecule has 0 atom stereocenters. The van der Waals surface area contributed by atoms with Crippen molar-refractivity contribution in [1.82, 2.24) is 4.90 Å². The van der Waals surface area contributed by atoms with Crippen LogP contribution in [-0.2, 0) is 6.54 Å². The molecule has 0 saturated heterocycles. The molecule has 0 aliphatic rings. The number of fused-ring (bicyclic) bond motifs is 1. The highest BCUT2D eigenvalue weighted by molar-refractivity contribution is 7.17. The van der Waals surface area contributed by atoms with Crippen molar-refractivity contribution >= 4 is 21.4 Å². The largest absolute Gasteiger partial charge is 0.396 e. The second kappa shape index (κ2) is 6.15. The summed E-state index contributed by atoms with van der Waals surface area (Å²) in [5.41, 5.74) is 1.41. The zero-order valence-corrected chi connectivity index (χ0v) is 11.0. The van der Waals surface area contributed by atoms with Crippen molar-refractivity contribution in [1.29, 1.82) is 0 Å². The monoisotopic (exact) mass is 249 g/mol. The van der Waals surface area contributed by atoms with Crippen LogP contribution in [0, 0.1) is 0 Å². The molecule has 1 N–H and O–H groups in total. The lowest BCUT2D eigenvalue weighted by Crippen LogP contribution is -2.19. The maximum Gasteiger partial charge on any atom is 0.0431 e. The molecule has 0 amide bonds.